The van der Waals surface area contributed by atoms with Gasteiger partial charge in [-0.3, -0.25) is 4.55 Å². The first-order chi connectivity index (χ1) is 39.2. The van der Waals surface area contributed by atoms with Crippen LogP contribution in [0.15, 0.2) is 11.6 Å². The monoisotopic (exact) mass is 1230 g/mol. The van der Waals surface area contributed by atoms with E-state index in [0.29, 0.717) is 31.6 Å². The van der Waals surface area contributed by atoms with Crippen LogP contribution in [0.5, 0.6) is 0 Å². The molecule has 0 amide bonds. The molecule has 35 unspecified atom stereocenters. The highest BCUT2D eigenvalue weighted by Crippen LogP contribution is 2.68. The van der Waals surface area contributed by atoms with E-state index in [1.165, 1.54) is 33.3 Å². The van der Waals surface area contributed by atoms with E-state index in [2.05, 4.69) is 33.8 Å². The summed E-state index contributed by atoms with van der Waals surface area (Å²) in [6.45, 7) is 15.6. The number of allylic oxidation sites excluding steroid dienone is 2. The Morgan fingerprint density at radius 3 is 1.70 bits per heavy atom. The van der Waals surface area contributed by atoms with Crippen molar-refractivity contribution in [1.29, 1.82) is 0 Å². The molecule has 0 radical (unpaired) electrons. The van der Waals surface area contributed by atoms with Gasteiger partial charge in [-0.25, -0.2) is 4.18 Å². The van der Waals surface area contributed by atoms with Crippen molar-refractivity contribution < 1.29 is 131 Å². The minimum atomic E-state index is -4.86. The van der Waals surface area contributed by atoms with Crippen LogP contribution in [0.3, 0.4) is 0 Å². The highest BCUT2D eigenvalue weighted by molar-refractivity contribution is 7.80. The lowest BCUT2D eigenvalue weighted by Crippen LogP contribution is -2.66. The maximum atomic E-state index is 12.4. The van der Waals surface area contributed by atoms with Crippen molar-refractivity contribution in [3.05, 3.63) is 11.6 Å². The molecule has 35 atom stereocenters. The van der Waals surface area contributed by atoms with Crippen molar-refractivity contribution in [2.75, 3.05) is 6.61 Å². The third-order valence-corrected chi connectivity index (χ3v) is 21.4. The summed E-state index contributed by atoms with van der Waals surface area (Å²) in [5.41, 5.74) is -0.853. The summed E-state index contributed by atoms with van der Waals surface area (Å²) in [7, 11) is -4.86. The molecule has 0 spiro atoms. The zero-order valence-corrected chi connectivity index (χ0v) is 49.7. The quantitative estimate of drug-likeness (QED) is 0.0459. The first-order valence-electron chi connectivity index (χ1n) is 30.0. The Kier molecular flexibility index (Phi) is 19.3. The lowest BCUT2D eigenvalue weighted by atomic mass is 9.47. The van der Waals surface area contributed by atoms with Crippen molar-refractivity contribution in [1.82, 2.24) is 0 Å². The largest absolute Gasteiger partial charge is 0.397 e. The Balaban J connectivity index is 0.907. The van der Waals surface area contributed by atoms with Gasteiger partial charge in [-0.15, -0.1) is 0 Å². The summed E-state index contributed by atoms with van der Waals surface area (Å²) in [5.74, 6) is -0.174. The van der Waals surface area contributed by atoms with Crippen molar-refractivity contribution in [3.63, 3.8) is 0 Å². The van der Waals surface area contributed by atoms with Gasteiger partial charge in [0.25, 0.3) is 0 Å². The van der Waals surface area contributed by atoms with Gasteiger partial charge in [0.2, 0.25) is 0 Å². The Morgan fingerprint density at radius 2 is 1.12 bits per heavy atom. The van der Waals surface area contributed by atoms with Gasteiger partial charge in [0.1, 0.15) is 97.7 Å². The first-order valence-corrected chi connectivity index (χ1v) is 31.4. The summed E-state index contributed by atoms with van der Waals surface area (Å²) in [4.78, 5) is 0. The van der Waals surface area contributed by atoms with E-state index in [4.69, 9.17) is 56.3 Å². The number of hydrogen-bond donors (Lipinski definition) is 13. The standard InChI is InChI=1S/C56H92O27S/c1-20(2)16-31-48(77-31)56(9,68)33-11-10-27-26-18-30(29-17-25(83-84(69,70)71)12-14-54(29,7)28(26)13-15-55(27,33)8)78-51-44(67)45(37(60)24(6)75-51)80-52-46(81-49-42(65)39(62)34(57)21(3)73-49)38(61)32(19-72-52)79-53-47(41(64)36(59)23(5)76-53)82-50-43(66)40(63)35(58)22(4)74-50/h13,20-27,29-53,57-68H,10-12,14-19H2,1-9H3,(H,69,70,71). The number of aliphatic hydroxyl groups is 12. The van der Waals surface area contributed by atoms with Crippen LogP contribution in [0.4, 0.5) is 0 Å². The van der Waals surface area contributed by atoms with E-state index >= 15 is 0 Å². The van der Waals surface area contributed by atoms with E-state index < -0.39 is 194 Å². The van der Waals surface area contributed by atoms with Gasteiger partial charge in [-0.05, 0) is 126 Å². The molecule has 84 heavy (non-hydrogen) atoms. The molecule has 10 rings (SSSR count). The molecule has 10 aliphatic rings. The molecular formula is C56H92O27S. The molecular weight excluding hydrogens is 1140 g/mol. The summed E-state index contributed by atoms with van der Waals surface area (Å²) >= 11 is 0. The van der Waals surface area contributed by atoms with Gasteiger partial charge in [0.15, 0.2) is 31.5 Å². The van der Waals surface area contributed by atoms with Gasteiger partial charge in [0, 0.05) is 0 Å². The highest BCUT2D eigenvalue weighted by atomic mass is 32.3. The summed E-state index contributed by atoms with van der Waals surface area (Å²) in [6, 6.07) is 0. The van der Waals surface area contributed by atoms with E-state index in [-0.39, 0.29) is 41.8 Å². The maximum absolute atomic E-state index is 12.4. The molecule has 3 saturated carbocycles. The van der Waals surface area contributed by atoms with Crippen LogP contribution in [-0.4, -0.2) is 258 Å². The van der Waals surface area contributed by atoms with Crippen LogP contribution < -0.4 is 0 Å². The van der Waals surface area contributed by atoms with Crippen molar-refractivity contribution in [2.24, 2.45) is 40.4 Å². The zero-order chi connectivity index (χ0) is 61.2. The van der Waals surface area contributed by atoms with E-state index in [0.717, 1.165) is 19.3 Å². The average Bonchev–Trinajstić information content (AvgIpc) is 1.41. The second kappa shape index (κ2) is 24.7. The zero-order valence-electron chi connectivity index (χ0n) is 48.9. The molecule has 0 bridgehead atoms. The molecule has 6 aliphatic heterocycles. The number of ether oxygens (including phenoxy) is 11. The van der Waals surface area contributed by atoms with Crippen LogP contribution in [0, 0.1) is 40.4 Å². The smallest absolute Gasteiger partial charge is 0.388 e. The predicted octanol–water partition coefficient (Wildman–Crippen LogP) is -1.84. The topological polar surface area (TPSA) is 411 Å². The molecule has 484 valence electrons. The molecule has 6 heterocycles. The van der Waals surface area contributed by atoms with Crippen LogP contribution in [0.2, 0.25) is 0 Å². The van der Waals surface area contributed by atoms with Crippen molar-refractivity contribution in [3.8, 4) is 0 Å². The van der Waals surface area contributed by atoms with Gasteiger partial charge >= 0.3 is 10.4 Å². The molecule has 0 aromatic carbocycles. The van der Waals surface area contributed by atoms with Gasteiger partial charge in [-0.2, -0.15) is 8.42 Å². The Morgan fingerprint density at radius 1 is 0.595 bits per heavy atom. The summed E-state index contributed by atoms with van der Waals surface area (Å²) in [5, 5.41) is 135. The molecule has 4 aliphatic carbocycles. The number of rotatable bonds is 16. The third kappa shape index (κ3) is 12.4. The Bertz CT molecular complexity index is 2410. The van der Waals surface area contributed by atoms with Crippen molar-refractivity contribution in [2.45, 2.75) is 291 Å². The summed E-state index contributed by atoms with van der Waals surface area (Å²) < 4.78 is 107. The highest BCUT2D eigenvalue weighted by Gasteiger charge is 2.67. The molecule has 13 N–H and O–H groups in total. The van der Waals surface area contributed by atoms with Crippen molar-refractivity contribution >= 4 is 10.4 Å². The van der Waals surface area contributed by atoms with E-state index in [1.54, 1.807) is 0 Å². The second-order valence-corrected chi connectivity index (χ2v) is 28.0. The molecule has 0 aromatic heterocycles. The fourth-order valence-electron chi connectivity index (χ4n) is 16.1. The minimum absolute atomic E-state index is 0.0308. The lowest BCUT2D eigenvalue weighted by Gasteiger charge is -2.60. The molecule has 27 nitrogen and oxygen atoms in total. The Labute approximate surface area is 489 Å². The third-order valence-electron chi connectivity index (χ3n) is 20.9. The predicted molar refractivity (Wildman–Crippen MR) is 283 cm³/mol. The number of fused-ring (bicyclic) bond motifs is 5. The maximum Gasteiger partial charge on any atom is 0.397 e. The van der Waals surface area contributed by atoms with Gasteiger partial charge in [-0.1, -0.05) is 39.3 Å². The molecule has 0 aromatic rings. The number of epoxide rings is 1. The first kappa shape index (κ1) is 65.6. The fraction of sp³-hybridized carbons (Fsp3) is 0.964. The van der Waals surface area contributed by atoms with E-state index in [9.17, 15) is 74.2 Å². The van der Waals surface area contributed by atoms with Gasteiger partial charge in [0.05, 0.1) is 54.9 Å². The molecule has 9 fully saturated rings. The van der Waals surface area contributed by atoms with Gasteiger partial charge < -0.3 is 113 Å². The lowest BCUT2D eigenvalue weighted by molar-refractivity contribution is -0.397. The van der Waals surface area contributed by atoms with Crippen LogP contribution in [0.25, 0.3) is 0 Å². The average molecular weight is 1230 g/mol. The normalized spacial score (nSPS) is 54.2. The van der Waals surface area contributed by atoms with Crippen LogP contribution in [-0.2, 0) is 66.7 Å². The second-order valence-electron chi connectivity index (χ2n) is 26.9. The molecule has 6 saturated heterocycles. The summed E-state index contributed by atoms with van der Waals surface area (Å²) in [6.07, 6.45) is -34.3. The number of hydrogen-bond acceptors (Lipinski definition) is 26. The molecule has 28 heteroatoms. The Hall–Kier alpha value is -1.31. The van der Waals surface area contributed by atoms with Crippen LogP contribution >= 0.6 is 0 Å². The van der Waals surface area contributed by atoms with E-state index in [1.807, 2.05) is 6.92 Å². The minimum Gasteiger partial charge on any atom is -0.388 e. The SMILES string of the molecule is CC(C)CC1OC1C(C)(O)C1CCC2C3CC(OC4OC(C)C(O)C(OC5OCC(OC6OC(C)C(O)C(O)C6OC6OC(C)C(O)C(O)C6O)C(O)C5OC5OC(C)C(O)C(O)C5O)C4O)C4CC(OS(=O)(=O)O)CCC4(C)C3=CCC21C. The fourth-order valence-corrected chi connectivity index (χ4v) is 16.6. The van der Waals surface area contributed by atoms with Crippen LogP contribution in [0.1, 0.15) is 114 Å². The number of aliphatic hydroxyl groups excluding tert-OH is 11.